The van der Waals surface area contributed by atoms with E-state index in [9.17, 15) is 4.79 Å². The van der Waals surface area contributed by atoms with Crippen molar-refractivity contribution in [1.29, 1.82) is 0 Å². The minimum absolute atomic E-state index is 0.115. The maximum Gasteiger partial charge on any atom is 0.400 e. The third-order valence-electron chi connectivity index (χ3n) is 3.21. The summed E-state index contributed by atoms with van der Waals surface area (Å²) in [6.45, 7) is 1.61. The Kier molecular flexibility index (Phi) is 4.57. The number of esters is 1. The van der Waals surface area contributed by atoms with Crippen LogP contribution in [0.15, 0.2) is 46.9 Å². The predicted octanol–water partition coefficient (Wildman–Crippen LogP) is 4.21. The molecule has 0 aliphatic rings. The molecule has 7 heteroatoms. The Bertz CT molecular complexity index is 859. The molecule has 0 fully saturated rings. The van der Waals surface area contributed by atoms with Crippen molar-refractivity contribution in [3.05, 3.63) is 47.5 Å². The fraction of sp³-hybridized carbons (Fsp3) is 0.176. The van der Waals surface area contributed by atoms with E-state index in [1.807, 2.05) is 0 Å². The van der Waals surface area contributed by atoms with Crippen molar-refractivity contribution in [2.75, 3.05) is 7.11 Å². The Labute approximate surface area is 142 Å². The molecule has 124 valence electrons. The molecule has 0 saturated carbocycles. The van der Waals surface area contributed by atoms with Gasteiger partial charge < -0.3 is 18.6 Å². The van der Waals surface area contributed by atoms with Crippen LogP contribution in [0.5, 0.6) is 17.6 Å². The maximum atomic E-state index is 11.3. The van der Waals surface area contributed by atoms with Gasteiger partial charge in [0.1, 0.15) is 17.0 Å². The zero-order valence-corrected chi connectivity index (χ0v) is 13.7. The second kappa shape index (κ2) is 6.80. The van der Waals surface area contributed by atoms with Crippen LogP contribution in [-0.4, -0.2) is 24.2 Å². The minimum Gasteiger partial charge on any atom is -0.479 e. The first kappa shape index (κ1) is 16.1. The zero-order chi connectivity index (χ0) is 17.1. The summed E-state index contributed by atoms with van der Waals surface area (Å²) < 4.78 is 21.1. The van der Waals surface area contributed by atoms with Gasteiger partial charge in [0.2, 0.25) is 0 Å². The number of halogens is 1. The van der Waals surface area contributed by atoms with Gasteiger partial charge in [-0.2, -0.15) is 4.98 Å². The second-order valence-electron chi connectivity index (χ2n) is 4.95. The summed E-state index contributed by atoms with van der Waals surface area (Å²) in [5.74, 6) is 0.593. The summed E-state index contributed by atoms with van der Waals surface area (Å²) in [6, 6.07) is 11.9. The van der Waals surface area contributed by atoms with E-state index in [1.54, 1.807) is 49.4 Å². The van der Waals surface area contributed by atoms with Crippen molar-refractivity contribution in [3.8, 4) is 17.6 Å². The molecule has 3 rings (SSSR count). The van der Waals surface area contributed by atoms with Gasteiger partial charge in [-0.3, -0.25) is 0 Å². The first-order valence-corrected chi connectivity index (χ1v) is 7.51. The van der Waals surface area contributed by atoms with Crippen molar-refractivity contribution in [3.63, 3.8) is 0 Å². The van der Waals surface area contributed by atoms with Gasteiger partial charge in [-0.25, -0.2) is 4.79 Å². The van der Waals surface area contributed by atoms with Crippen LogP contribution in [0, 0.1) is 0 Å². The molecule has 0 saturated heterocycles. The molecule has 3 aromatic rings. The van der Waals surface area contributed by atoms with E-state index in [0.717, 1.165) is 0 Å². The summed E-state index contributed by atoms with van der Waals surface area (Å²) in [4.78, 5) is 15.5. The fourth-order valence-corrected chi connectivity index (χ4v) is 2.19. The molecule has 0 aliphatic heterocycles. The Balaban J connectivity index is 1.70. The van der Waals surface area contributed by atoms with Crippen LogP contribution in [0.25, 0.3) is 11.1 Å². The molecule has 24 heavy (non-hydrogen) atoms. The first-order valence-electron chi connectivity index (χ1n) is 7.13. The molecule has 2 aromatic carbocycles. The number of ether oxygens (including phenoxy) is 3. The van der Waals surface area contributed by atoms with Gasteiger partial charge in [0, 0.05) is 11.1 Å². The third kappa shape index (κ3) is 3.60. The Hall–Kier alpha value is -2.73. The van der Waals surface area contributed by atoms with Gasteiger partial charge in [0.15, 0.2) is 11.7 Å². The van der Waals surface area contributed by atoms with Crippen LogP contribution < -0.4 is 9.47 Å². The van der Waals surface area contributed by atoms with Gasteiger partial charge in [0.25, 0.3) is 0 Å². The highest BCUT2D eigenvalue weighted by atomic mass is 35.5. The summed E-state index contributed by atoms with van der Waals surface area (Å²) in [5, 5.41) is 0.562. The number of carbonyl (C=O) groups is 1. The number of oxazole rings is 1. The number of hydrogen-bond acceptors (Lipinski definition) is 6. The maximum absolute atomic E-state index is 11.3. The van der Waals surface area contributed by atoms with Crippen molar-refractivity contribution >= 4 is 28.7 Å². The predicted molar refractivity (Wildman–Crippen MR) is 87.6 cm³/mol. The zero-order valence-electron chi connectivity index (χ0n) is 13.0. The third-order valence-corrected chi connectivity index (χ3v) is 3.44. The number of rotatable bonds is 5. The Morgan fingerprint density at radius 1 is 1.17 bits per heavy atom. The lowest BCUT2D eigenvalue weighted by molar-refractivity contribution is -0.147. The first-order chi connectivity index (χ1) is 11.5. The number of hydrogen-bond donors (Lipinski definition) is 0. The summed E-state index contributed by atoms with van der Waals surface area (Å²) in [5.41, 5.74) is 1.20. The van der Waals surface area contributed by atoms with Crippen LogP contribution >= 0.6 is 11.6 Å². The summed E-state index contributed by atoms with van der Waals surface area (Å²) in [7, 11) is 1.31. The van der Waals surface area contributed by atoms with Gasteiger partial charge in [-0.05, 0) is 43.3 Å². The van der Waals surface area contributed by atoms with Gasteiger partial charge in [0.05, 0.1) is 7.11 Å². The van der Waals surface area contributed by atoms with E-state index >= 15 is 0 Å². The number of nitrogens with zero attached hydrogens (tertiary/aromatic N) is 1. The van der Waals surface area contributed by atoms with Crippen LogP contribution in [0.2, 0.25) is 5.02 Å². The molecule has 0 amide bonds. The molecular weight excluding hydrogens is 334 g/mol. The van der Waals surface area contributed by atoms with E-state index in [1.165, 1.54) is 7.11 Å². The normalized spacial score (nSPS) is 12.0. The van der Waals surface area contributed by atoms with Crippen molar-refractivity contribution in [2.24, 2.45) is 0 Å². The molecule has 1 heterocycles. The molecule has 0 bridgehead atoms. The van der Waals surface area contributed by atoms with Crippen molar-refractivity contribution in [1.82, 2.24) is 4.98 Å². The molecular formula is C17H14ClNO5. The topological polar surface area (TPSA) is 70.8 Å². The van der Waals surface area contributed by atoms with Crippen molar-refractivity contribution < 1.29 is 23.4 Å². The van der Waals surface area contributed by atoms with E-state index in [-0.39, 0.29) is 6.08 Å². The minimum atomic E-state index is -0.691. The molecule has 1 aromatic heterocycles. The van der Waals surface area contributed by atoms with E-state index < -0.39 is 12.1 Å². The highest BCUT2D eigenvalue weighted by Gasteiger charge is 2.15. The number of methoxy groups -OCH3 is 1. The lowest BCUT2D eigenvalue weighted by Gasteiger charge is -2.12. The van der Waals surface area contributed by atoms with Crippen LogP contribution in [0.3, 0.4) is 0 Å². The molecule has 0 spiro atoms. The number of fused-ring (bicyclic) bond motifs is 1. The lowest BCUT2D eigenvalue weighted by atomic mass is 10.3. The highest BCUT2D eigenvalue weighted by Crippen LogP contribution is 2.28. The smallest absolute Gasteiger partial charge is 0.400 e. The Morgan fingerprint density at radius 2 is 1.88 bits per heavy atom. The van der Waals surface area contributed by atoms with Gasteiger partial charge in [-0.15, -0.1) is 0 Å². The standard InChI is InChI=1S/C17H14ClNO5/c1-10(16(20)21-2)22-12-4-6-13(7-5-12)23-17-19-14-8-3-11(18)9-15(14)24-17/h3-10H,1-2H3. The van der Waals surface area contributed by atoms with Crippen molar-refractivity contribution in [2.45, 2.75) is 13.0 Å². The molecule has 0 N–H and O–H groups in total. The quantitative estimate of drug-likeness (QED) is 0.644. The number of carbonyl (C=O) groups excluding carboxylic acids is 1. The van der Waals surface area contributed by atoms with Crippen LogP contribution in [-0.2, 0) is 9.53 Å². The van der Waals surface area contributed by atoms with Crippen LogP contribution in [0.1, 0.15) is 6.92 Å². The Morgan fingerprint density at radius 3 is 2.58 bits per heavy atom. The number of aromatic nitrogens is 1. The number of benzene rings is 2. The SMILES string of the molecule is COC(=O)C(C)Oc1ccc(Oc2nc3ccc(Cl)cc3o2)cc1. The largest absolute Gasteiger partial charge is 0.479 e. The molecule has 6 nitrogen and oxygen atoms in total. The molecule has 0 radical (unpaired) electrons. The monoisotopic (exact) mass is 347 g/mol. The molecule has 0 aliphatic carbocycles. The second-order valence-corrected chi connectivity index (χ2v) is 5.38. The van der Waals surface area contributed by atoms with E-state index in [0.29, 0.717) is 27.6 Å². The van der Waals surface area contributed by atoms with Crippen LogP contribution in [0.4, 0.5) is 0 Å². The average molecular weight is 348 g/mol. The fourth-order valence-electron chi connectivity index (χ4n) is 2.03. The summed E-state index contributed by atoms with van der Waals surface area (Å²) >= 11 is 5.90. The molecule has 1 atom stereocenters. The molecule has 1 unspecified atom stereocenters. The van der Waals surface area contributed by atoms with Gasteiger partial charge >= 0.3 is 12.0 Å². The van der Waals surface area contributed by atoms with E-state index in [2.05, 4.69) is 9.72 Å². The van der Waals surface area contributed by atoms with E-state index in [4.69, 9.17) is 25.5 Å². The lowest BCUT2D eigenvalue weighted by Crippen LogP contribution is -2.24. The summed E-state index contributed by atoms with van der Waals surface area (Å²) in [6.07, 6.45) is -0.576. The highest BCUT2D eigenvalue weighted by molar-refractivity contribution is 6.31. The average Bonchev–Trinajstić information content (AvgIpc) is 2.97. The van der Waals surface area contributed by atoms with Gasteiger partial charge in [-0.1, -0.05) is 11.6 Å².